The number of thiazole rings is 1. The highest BCUT2D eigenvalue weighted by Gasteiger charge is 2.14. The molecular formula is C15H15ClN2O3S2. The summed E-state index contributed by atoms with van der Waals surface area (Å²) in [4.78, 5) is 27.7. The zero-order valence-electron chi connectivity index (χ0n) is 12.3. The number of aromatic carboxylic acids is 1. The normalized spacial score (nSPS) is 11.9. The van der Waals surface area contributed by atoms with Gasteiger partial charge in [0.05, 0.1) is 10.3 Å². The van der Waals surface area contributed by atoms with Crippen molar-refractivity contribution in [2.45, 2.75) is 23.5 Å². The van der Waals surface area contributed by atoms with Crippen molar-refractivity contribution in [2.75, 3.05) is 6.54 Å². The van der Waals surface area contributed by atoms with Gasteiger partial charge in [0, 0.05) is 28.3 Å². The molecular weight excluding hydrogens is 356 g/mol. The molecule has 2 aromatic rings. The van der Waals surface area contributed by atoms with E-state index in [1.54, 1.807) is 12.1 Å². The van der Waals surface area contributed by atoms with Gasteiger partial charge in [-0.3, -0.25) is 4.79 Å². The molecule has 2 rings (SSSR count). The van der Waals surface area contributed by atoms with E-state index >= 15 is 0 Å². The predicted molar refractivity (Wildman–Crippen MR) is 92.6 cm³/mol. The standard InChI is InChI=1S/C15H15ClN2O3S2/c1-9(23-11-4-2-10(16)3-5-11)14(19)17-7-6-13-18-12(8-22-13)15(20)21/h2-5,8-9H,6-7H2,1H3,(H,17,19)(H,20,21). The van der Waals surface area contributed by atoms with Crippen molar-refractivity contribution < 1.29 is 14.7 Å². The third kappa shape index (κ3) is 5.53. The fourth-order valence-corrected chi connectivity index (χ4v) is 3.52. The average molecular weight is 371 g/mol. The summed E-state index contributed by atoms with van der Waals surface area (Å²) < 4.78 is 0. The third-order valence-electron chi connectivity index (χ3n) is 2.90. The number of aromatic nitrogens is 1. The molecule has 0 radical (unpaired) electrons. The molecule has 0 aliphatic heterocycles. The number of amides is 1. The lowest BCUT2D eigenvalue weighted by molar-refractivity contribution is -0.120. The van der Waals surface area contributed by atoms with Crippen molar-refractivity contribution in [2.24, 2.45) is 0 Å². The highest BCUT2D eigenvalue weighted by molar-refractivity contribution is 8.00. The van der Waals surface area contributed by atoms with Gasteiger partial charge in [-0.05, 0) is 31.2 Å². The molecule has 122 valence electrons. The number of hydrogen-bond acceptors (Lipinski definition) is 5. The van der Waals surface area contributed by atoms with E-state index in [4.69, 9.17) is 16.7 Å². The predicted octanol–water partition coefficient (Wildman–Crippen LogP) is 3.33. The second kappa shape index (κ2) is 8.33. The van der Waals surface area contributed by atoms with Gasteiger partial charge in [-0.15, -0.1) is 23.1 Å². The van der Waals surface area contributed by atoms with Crippen LogP contribution in [0.15, 0.2) is 34.5 Å². The van der Waals surface area contributed by atoms with Crippen LogP contribution >= 0.6 is 34.7 Å². The molecule has 1 atom stereocenters. The van der Waals surface area contributed by atoms with E-state index in [0.717, 1.165) is 4.90 Å². The van der Waals surface area contributed by atoms with Gasteiger partial charge < -0.3 is 10.4 Å². The van der Waals surface area contributed by atoms with Crippen LogP contribution < -0.4 is 5.32 Å². The lowest BCUT2D eigenvalue weighted by Crippen LogP contribution is -2.32. The Bertz CT molecular complexity index is 688. The first-order valence-corrected chi connectivity index (χ1v) is 8.97. The summed E-state index contributed by atoms with van der Waals surface area (Å²) >= 11 is 8.56. The van der Waals surface area contributed by atoms with Gasteiger partial charge in [0.1, 0.15) is 0 Å². The minimum Gasteiger partial charge on any atom is -0.476 e. The smallest absolute Gasteiger partial charge is 0.355 e. The first kappa shape index (κ1) is 17.8. The topological polar surface area (TPSA) is 79.3 Å². The molecule has 0 saturated carbocycles. The van der Waals surface area contributed by atoms with E-state index in [2.05, 4.69) is 10.3 Å². The number of thioether (sulfide) groups is 1. The molecule has 1 amide bonds. The highest BCUT2D eigenvalue weighted by atomic mass is 35.5. The van der Waals surface area contributed by atoms with Crippen molar-refractivity contribution in [3.05, 3.63) is 45.4 Å². The Morgan fingerprint density at radius 1 is 1.39 bits per heavy atom. The fraction of sp³-hybridized carbons (Fsp3) is 0.267. The van der Waals surface area contributed by atoms with Gasteiger partial charge in [-0.25, -0.2) is 9.78 Å². The van der Waals surface area contributed by atoms with Crippen LogP contribution in [0, 0.1) is 0 Å². The van der Waals surface area contributed by atoms with Crippen LogP contribution in [0.25, 0.3) is 0 Å². The Kier molecular flexibility index (Phi) is 6.44. The van der Waals surface area contributed by atoms with Crippen molar-refractivity contribution in [3.8, 4) is 0 Å². The highest BCUT2D eigenvalue weighted by Crippen LogP contribution is 2.24. The summed E-state index contributed by atoms with van der Waals surface area (Å²) in [5.74, 6) is -1.11. The number of rotatable bonds is 7. The van der Waals surface area contributed by atoms with E-state index in [0.29, 0.717) is 23.0 Å². The van der Waals surface area contributed by atoms with Crippen molar-refractivity contribution in [3.63, 3.8) is 0 Å². The molecule has 1 aromatic heterocycles. The minimum atomic E-state index is -1.04. The van der Waals surface area contributed by atoms with E-state index < -0.39 is 5.97 Å². The Balaban J connectivity index is 1.77. The number of halogens is 1. The Hall–Kier alpha value is -1.57. The maximum atomic E-state index is 12.0. The molecule has 1 heterocycles. The summed E-state index contributed by atoms with van der Waals surface area (Å²) in [5, 5.41) is 14.3. The Morgan fingerprint density at radius 2 is 2.09 bits per heavy atom. The summed E-state index contributed by atoms with van der Waals surface area (Å²) in [6, 6.07) is 7.33. The van der Waals surface area contributed by atoms with Gasteiger partial charge >= 0.3 is 5.97 Å². The van der Waals surface area contributed by atoms with Crippen molar-refractivity contribution in [1.82, 2.24) is 10.3 Å². The lowest BCUT2D eigenvalue weighted by atomic mass is 10.4. The van der Waals surface area contributed by atoms with E-state index in [1.807, 2.05) is 19.1 Å². The monoisotopic (exact) mass is 370 g/mol. The SMILES string of the molecule is CC(Sc1ccc(Cl)cc1)C(=O)NCCc1nc(C(=O)O)cs1. The van der Waals surface area contributed by atoms with Gasteiger partial charge in [0.15, 0.2) is 5.69 Å². The summed E-state index contributed by atoms with van der Waals surface area (Å²) in [7, 11) is 0. The third-order valence-corrected chi connectivity index (χ3v) is 5.18. The van der Waals surface area contributed by atoms with Crippen LogP contribution in [-0.2, 0) is 11.2 Å². The average Bonchev–Trinajstić information content (AvgIpc) is 2.98. The van der Waals surface area contributed by atoms with Gasteiger partial charge in [0.25, 0.3) is 0 Å². The number of hydrogen-bond donors (Lipinski definition) is 2. The number of nitrogens with one attached hydrogen (secondary N) is 1. The molecule has 1 unspecified atom stereocenters. The molecule has 0 fully saturated rings. The molecule has 5 nitrogen and oxygen atoms in total. The molecule has 0 aliphatic rings. The zero-order chi connectivity index (χ0) is 16.8. The summed E-state index contributed by atoms with van der Waals surface area (Å²) in [6.07, 6.45) is 0.516. The van der Waals surface area contributed by atoms with Crippen LogP contribution in [-0.4, -0.2) is 33.8 Å². The van der Waals surface area contributed by atoms with Gasteiger partial charge in [0.2, 0.25) is 5.91 Å². The molecule has 0 spiro atoms. The van der Waals surface area contributed by atoms with Crippen molar-refractivity contribution in [1.29, 1.82) is 0 Å². The summed E-state index contributed by atoms with van der Waals surface area (Å²) in [5.41, 5.74) is 0.0444. The Morgan fingerprint density at radius 3 is 2.70 bits per heavy atom. The van der Waals surface area contributed by atoms with Crippen LogP contribution in [0.4, 0.5) is 0 Å². The van der Waals surface area contributed by atoms with E-state index in [-0.39, 0.29) is 16.9 Å². The molecule has 2 N–H and O–H groups in total. The van der Waals surface area contributed by atoms with Crippen LogP contribution in [0.5, 0.6) is 0 Å². The second-order valence-electron chi connectivity index (χ2n) is 4.69. The molecule has 8 heteroatoms. The Labute approximate surface area is 147 Å². The first-order valence-electron chi connectivity index (χ1n) is 6.83. The molecule has 0 aliphatic carbocycles. The van der Waals surface area contributed by atoms with E-state index in [9.17, 15) is 9.59 Å². The summed E-state index contributed by atoms with van der Waals surface area (Å²) in [6.45, 7) is 2.26. The largest absolute Gasteiger partial charge is 0.476 e. The van der Waals surface area contributed by atoms with Gasteiger partial charge in [-0.2, -0.15) is 0 Å². The minimum absolute atomic E-state index is 0.0444. The fourth-order valence-electron chi connectivity index (χ4n) is 1.73. The van der Waals surface area contributed by atoms with Crippen LogP contribution in [0.1, 0.15) is 22.4 Å². The number of carbonyl (C=O) groups excluding carboxylic acids is 1. The number of nitrogens with zero attached hydrogens (tertiary/aromatic N) is 1. The quantitative estimate of drug-likeness (QED) is 0.731. The number of carboxylic acids is 1. The second-order valence-corrected chi connectivity index (χ2v) is 7.48. The number of carboxylic acid groups (broad SMARTS) is 1. The van der Waals surface area contributed by atoms with Crippen LogP contribution in [0.2, 0.25) is 5.02 Å². The van der Waals surface area contributed by atoms with Gasteiger partial charge in [-0.1, -0.05) is 11.6 Å². The van der Waals surface area contributed by atoms with E-state index in [1.165, 1.54) is 28.5 Å². The molecule has 23 heavy (non-hydrogen) atoms. The maximum Gasteiger partial charge on any atom is 0.355 e. The van der Waals surface area contributed by atoms with Crippen LogP contribution in [0.3, 0.4) is 0 Å². The van der Waals surface area contributed by atoms with Crippen molar-refractivity contribution >= 4 is 46.6 Å². The lowest BCUT2D eigenvalue weighted by Gasteiger charge is -2.11. The first-order chi connectivity index (χ1) is 11.0. The molecule has 0 saturated heterocycles. The zero-order valence-corrected chi connectivity index (χ0v) is 14.7. The molecule has 1 aromatic carbocycles. The molecule has 0 bridgehead atoms. The number of carbonyl (C=O) groups is 2. The maximum absolute atomic E-state index is 12.0. The number of benzene rings is 1.